The monoisotopic (exact) mass is 164 g/mol. The van der Waals surface area contributed by atoms with Crippen LogP contribution in [0.15, 0.2) is 0 Å². The standard InChI is InChI=1S/C2H6OSi.H2O2Si2/c1-4(2)3;1-3-4-2/h1-2H3;3-4H. The van der Waals surface area contributed by atoms with Gasteiger partial charge in [-0.05, 0) is 13.1 Å². The summed E-state index contributed by atoms with van der Waals surface area (Å²) in [5.74, 6) is 0. The molecule has 46 valence electrons. The minimum Gasteiger partial charge on any atom is -0.389 e. The van der Waals surface area contributed by atoms with Gasteiger partial charge in [-0.3, -0.25) is 0 Å². The summed E-state index contributed by atoms with van der Waals surface area (Å²) in [5.41, 5.74) is 0. The van der Waals surface area contributed by atoms with E-state index in [4.69, 9.17) is 8.92 Å². The van der Waals surface area contributed by atoms with Gasteiger partial charge in [-0.1, -0.05) is 0 Å². The molecular weight excluding hydrogens is 156 g/mol. The van der Waals surface area contributed by atoms with Gasteiger partial charge in [0.15, 0.2) is 0 Å². The predicted molar refractivity (Wildman–Crippen MR) is 33.8 cm³/mol. The molecule has 0 aliphatic heterocycles. The molecule has 0 aromatic carbocycles. The Kier molecular flexibility index (Phi) is 13.8. The first-order valence-electron chi connectivity index (χ1n) is 2.01. The van der Waals surface area contributed by atoms with Crippen molar-refractivity contribution in [3.05, 3.63) is 0 Å². The number of hydrogen-bond acceptors (Lipinski definition) is 3. The highest BCUT2D eigenvalue weighted by atomic mass is 29.1. The quantitative estimate of drug-likeness (QED) is 0.474. The Hall–Kier alpha value is 0.0506. The molecular formula is C2H8O3Si3. The van der Waals surface area contributed by atoms with Crippen molar-refractivity contribution in [1.82, 2.24) is 0 Å². The molecule has 0 aliphatic carbocycles. The third-order valence-corrected chi connectivity index (χ3v) is 0.500. The molecule has 0 N–H and O–H groups in total. The van der Waals surface area contributed by atoms with Crippen molar-refractivity contribution in [3.8, 4) is 0 Å². The van der Waals surface area contributed by atoms with Crippen LogP contribution in [-0.2, 0) is 13.4 Å². The first-order chi connectivity index (χ1) is 3.65. The Bertz CT molecular complexity index is 80.5. The fourth-order valence-corrected chi connectivity index (χ4v) is 0. The lowest BCUT2D eigenvalue weighted by molar-refractivity contribution is 0.566. The molecule has 6 heteroatoms. The third-order valence-electron chi connectivity index (χ3n) is 0.0556. The second kappa shape index (κ2) is 10.1. The minimum atomic E-state index is -1.13. The zero-order chi connectivity index (χ0) is 6.99. The van der Waals surface area contributed by atoms with Crippen molar-refractivity contribution in [3.63, 3.8) is 0 Å². The van der Waals surface area contributed by atoms with Crippen LogP contribution in [0.25, 0.3) is 0 Å². The molecule has 0 aliphatic rings. The maximum atomic E-state index is 9.63. The van der Waals surface area contributed by atoms with E-state index >= 15 is 0 Å². The van der Waals surface area contributed by atoms with Crippen molar-refractivity contribution in [2.75, 3.05) is 0 Å². The minimum absolute atomic E-state index is 0.940. The Labute approximate surface area is 53.7 Å². The van der Waals surface area contributed by atoms with Gasteiger partial charge in [0, 0.05) is 0 Å². The van der Waals surface area contributed by atoms with Gasteiger partial charge in [0.2, 0.25) is 0 Å². The molecule has 0 atom stereocenters. The van der Waals surface area contributed by atoms with Gasteiger partial charge in [-0.15, -0.1) is 0 Å². The summed E-state index contributed by atoms with van der Waals surface area (Å²) in [6.07, 6.45) is 0. The second-order valence-electron chi connectivity index (χ2n) is 1.18. The second-order valence-corrected chi connectivity index (χ2v) is 5.17. The first-order valence-corrected chi connectivity index (χ1v) is 8.03. The van der Waals surface area contributed by atoms with Crippen molar-refractivity contribution < 1.29 is 13.4 Å². The van der Waals surface area contributed by atoms with Crippen LogP contribution in [0, 0.1) is 0 Å². The summed E-state index contributed by atoms with van der Waals surface area (Å²) in [6, 6.07) is 0. The van der Waals surface area contributed by atoms with Gasteiger partial charge in [-0.25, -0.2) is 0 Å². The van der Waals surface area contributed by atoms with Crippen LogP contribution in [0.3, 0.4) is 0 Å². The Morgan fingerprint density at radius 2 is 1.25 bits per heavy atom. The van der Waals surface area contributed by atoms with Crippen LogP contribution in [0.5, 0.6) is 0 Å². The van der Waals surface area contributed by atoms with E-state index in [-0.39, 0.29) is 0 Å². The molecule has 0 fully saturated rings. The largest absolute Gasteiger partial charge is 0.389 e. The number of rotatable bonds is 1. The van der Waals surface area contributed by atoms with Gasteiger partial charge in [0.1, 0.15) is 0 Å². The van der Waals surface area contributed by atoms with E-state index in [0.29, 0.717) is 0 Å². The summed E-state index contributed by atoms with van der Waals surface area (Å²) in [6.45, 7) is 3.43. The average Bonchev–Trinajstić information content (AvgIpc) is 1.65. The van der Waals surface area contributed by atoms with Gasteiger partial charge < -0.3 is 13.4 Å². The Morgan fingerprint density at radius 1 is 1.12 bits per heavy atom. The predicted octanol–water partition coefficient (Wildman–Crippen LogP) is -0.867. The summed E-state index contributed by atoms with van der Waals surface area (Å²) in [7, 11) is -3.01. The maximum Gasteiger partial charge on any atom is 0.307 e. The van der Waals surface area contributed by atoms with Gasteiger partial charge in [0.05, 0.1) is 0 Å². The van der Waals surface area contributed by atoms with Gasteiger partial charge in [0.25, 0.3) is 8.68 Å². The molecule has 0 amide bonds. The molecule has 0 aromatic heterocycles. The smallest absolute Gasteiger partial charge is 0.307 e. The molecule has 8 heavy (non-hydrogen) atoms. The van der Waals surface area contributed by atoms with Crippen molar-refractivity contribution in [1.29, 1.82) is 0 Å². The Morgan fingerprint density at radius 3 is 1.25 bits per heavy atom. The van der Waals surface area contributed by atoms with E-state index in [2.05, 4.69) is 0 Å². The number of hydrogen-bond donors (Lipinski definition) is 0. The zero-order valence-corrected chi connectivity index (χ0v) is 8.19. The highest BCUT2D eigenvalue weighted by Gasteiger charge is 1.69. The topological polar surface area (TPSA) is 51.2 Å². The third kappa shape index (κ3) is 140. The highest BCUT2D eigenvalue weighted by molar-refractivity contribution is 6.84. The summed E-state index contributed by atoms with van der Waals surface area (Å²) in [5, 5.41) is 0. The SMILES string of the molecule is C[Si](C)=O.O=[SiH][SiH]=O. The highest BCUT2D eigenvalue weighted by Crippen LogP contribution is 1.49. The molecule has 0 unspecified atom stereocenters. The van der Waals surface area contributed by atoms with Crippen LogP contribution < -0.4 is 0 Å². The lowest BCUT2D eigenvalue weighted by atomic mass is 11.9. The van der Waals surface area contributed by atoms with Crippen molar-refractivity contribution >= 4 is 26.5 Å². The molecule has 0 bridgehead atoms. The van der Waals surface area contributed by atoms with E-state index < -0.39 is 26.5 Å². The zero-order valence-electron chi connectivity index (χ0n) is 4.88. The van der Waals surface area contributed by atoms with E-state index in [9.17, 15) is 4.46 Å². The maximum absolute atomic E-state index is 9.63. The fraction of sp³-hybridized carbons (Fsp3) is 1.00. The average molecular weight is 164 g/mol. The molecule has 0 radical (unpaired) electrons. The molecule has 0 spiro atoms. The fourth-order valence-electron chi connectivity index (χ4n) is 0. The van der Waals surface area contributed by atoms with Gasteiger partial charge in [-0.2, -0.15) is 0 Å². The van der Waals surface area contributed by atoms with E-state index in [0.717, 1.165) is 0 Å². The molecule has 0 saturated carbocycles. The molecule has 0 aromatic rings. The molecule has 0 saturated heterocycles. The van der Waals surface area contributed by atoms with E-state index in [1.807, 2.05) is 0 Å². The molecule has 0 rings (SSSR count). The van der Waals surface area contributed by atoms with E-state index in [1.54, 1.807) is 13.1 Å². The van der Waals surface area contributed by atoms with Crippen LogP contribution in [0.2, 0.25) is 13.1 Å². The van der Waals surface area contributed by atoms with Crippen LogP contribution in [0.1, 0.15) is 0 Å². The summed E-state index contributed by atoms with van der Waals surface area (Å²) >= 11 is 0. The van der Waals surface area contributed by atoms with Crippen LogP contribution in [-0.4, -0.2) is 26.5 Å². The normalized spacial score (nSPS) is 5.75. The summed E-state index contributed by atoms with van der Waals surface area (Å²) < 4.78 is 27.8. The molecule has 0 heterocycles. The lowest BCUT2D eigenvalue weighted by Crippen LogP contribution is -1.72. The van der Waals surface area contributed by atoms with Crippen molar-refractivity contribution in [2.45, 2.75) is 13.1 Å². The van der Waals surface area contributed by atoms with Crippen LogP contribution >= 0.6 is 0 Å². The van der Waals surface area contributed by atoms with E-state index in [1.165, 1.54) is 0 Å². The lowest BCUT2D eigenvalue weighted by Gasteiger charge is -1.51. The first kappa shape index (κ1) is 10.9. The van der Waals surface area contributed by atoms with Crippen LogP contribution in [0.4, 0.5) is 0 Å². The summed E-state index contributed by atoms with van der Waals surface area (Å²) in [4.78, 5) is 0. The van der Waals surface area contributed by atoms with Crippen molar-refractivity contribution in [2.24, 2.45) is 0 Å². The van der Waals surface area contributed by atoms with Gasteiger partial charge >= 0.3 is 17.8 Å². The molecule has 3 nitrogen and oxygen atoms in total. The Balaban J connectivity index is 0.